The van der Waals surface area contributed by atoms with Gasteiger partial charge in [-0.1, -0.05) is 6.07 Å². The lowest BCUT2D eigenvalue weighted by atomic mass is 10.2. The molecular formula is C15H25ClN4O2. The van der Waals surface area contributed by atoms with Crippen LogP contribution in [-0.4, -0.2) is 50.1 Å². The maximum atomic E-state index is 12.2. The van der Waals surface area contributed by atoms with Crippen molar-refractivity contribution in [2.75, 3.05) is 32.5 Å². The second-order valence-corrected chi connectivity index (χ2v) is 5.16. The van der Waals surface area contributed by atoms with Crippen LogP contribution in [0.3, 0.4) is 0 Å². The summed E-state index contributed by atoms with van der Waals surface area (Å²) in [5.74, 6) is -0.0711. The number of halogens is 1. The highest BCUT2D eigenvalue weighted by Gasteiger charge is 2.12. The van der Waals surface area contributed by atoms with Gasteiger partial charge in [0.15, 0.2) is 0 Å². The summed E-state index contributed by atoms with van der Waals surface area (Å²) in [5, 5.41) is 8.46. The van der Waals surface area contributed by atoms with Gasteiger partial charge in [-0.2, -0.15) is 0 Å². The molecule has 6 nitrogen and oxygen atoms in total. The topological polar surface area (TPSA) is 73.5 Å². The molecule has 0 atom stereocenters. The van der Waals surface area contributed by atoms with E-state index in [1.807, 2.05) is 20.9 Å². The first-order valence-electron chi connectivity index (χ1n) is 7.01. The Labute approximate surface area is 138 Å². The Morgan fingerprint density at radius 2 is 1.95 bits per heavy atom. The third-order valence-corrected chi connectivity index (χ3v) is 2.83. The Hall–Kier alpha value is -1.79. The van der Waals surface area contributed by atoms with Crippen molar-refractivity contribution in [2.24, 2.45) is 0 Å². The molecule has 1 aromatic rings. The minimum absolute atomic E-state index is 0. The molecule has 0 saturated carbocycles. The summed E-state index contributed by atoms with van der Waals surface area (Å²) >= 11 is 0. The zero-order valence-electron chi connectivity index (χ0n) is 13.5. The summed E-state index contributed by atoms with van der Waals surface area (Å²) in [5.41, 5.74) is 1.15. The summed E-state index contributed by atoms with van der Waals surface area (Å²) in [4.78, 5) is 25.5. The molecule has 0 fully saturated rings. The Bertz CT molecular complexity index is 494. The number of rotatable bonds is 6. The van der Waals surface area contributed by atoms with Crippen LogP contribution in [0.5, 0.6) is 0 Å². The van der Waals surface area contributed by atoms with Gasteiger partial charge in [0.05, 0.1) is 0 Å². The Kier molecular flexibility index (Phi) is 9.21. The minimum Gasteiger partial charge on any atom is -0.340 e. The molecule has 22 heavy (non-hydrogen) atoms. The van der Waals surface area contributed by atoms with Gasteiger partial charge in [0, 0.05) is 37.4 Å². The van der Waals surface area contributed by atoms with Gasteiger partial charge in [-0.25, -0.2) is 4.79 Å². The summed E-state index contributed by atoms with van der Waals surface area (Å²) < 4.78 is 0. The van der Waals surface area contributed by atoms with Gasteiger partial charge in [-0.05, 0) is 39.1 Å². The van der Waals surface area contributed by atoms with Gasteiger partial charge in [0.1, 0.15) is 0 Å². The second-order valence-electron chi connectivity index (χ2n) is 5.16. The van der Waals surface area contributed by atoms with Crippen molar-refractivity contribution in [3.05, 3.63) is 29.8 Å². The number of carbonyl (C=O) groups is 2. The van der Waals surface area contributed by atoms with Crippen molar-refractivity contribution in [2.45, 2.75) is 19.9 Å². The van der Waals surface area contributed by atoms with E-state index in [9.17, 15) is 9.59 Å². The molecule has 3 amide bonds. The average Bonchev–Trinajstić information content (AvgIpc) is 2.43. The molecule has 3 N–H and O–H groups in total. The highest BCUT2D eigenvalue weighted by Crippen LogP contribution is 2.12. The van der Waals surface area contributed by atoms with Gasteiger partial charge in [0.2, 0.25) is 0 Å². The van der Waals surface area contributed by atoms with Crippen LogP contribution in [0, 0.1) is 0 Å². The number of urea groups is 1. The number of carbonyl (C=O) groups excluding carboxylic acids is 2. The fourth-order valence-electron chi connectivity index (χ4n) is 1.76. The monoisotopic (exact) mass is 328 g/mol. The molecule has 124 valence electrons. The van der Waals surface area contributed by atoms with Gasteiger partial charge in [0.25, 0.3) is 5.91 Å². The van der Waals surface area contributed by atoms with E-state index in [1.54, 1.807) is 36.2 Å². The fraction of sp³-hybridized carbons (Fsp3) is 0.467. The number of hydrogen-bond donors (Lipinski definition) is 3. The smallest absolute Gasteiger partial charge is 0.319 e. The predicted octanol–water partition coefficient (Wildman–Crippen LogP) is 1.93. The molecule has 0 aliphatic rings. The normalized spacial score (nSPS) is 9.86. The lowest BCUT2D eigenvalue weighted by Gasteiger charge is -2.17. The molecule has 0 spiro atoms. The van der Waals surface area contributed by atoms with Gasteiger partial charge >= 0.3 is 6.03 Å². The summed E-state index contributed by atoms with van der Waals surface area (Å²) in [6.07, 6.45) is 0. The summed E-state index contributed by atoms with van der Waals surface area (Å²) in [6, 6.07) is 6.71. The zero-order valence-corrected chi connectivity index (χ0v) is 14.3. The molecule has 0 aromatic heterocycles. The minimum atomic E-state index is -0.280. The first kappa shape index (κ1) is 20.2. The number of benzene rings is 1. The van der Waals surface area contributed by atoms with Crippen LogP contribution in [0.25, 0.3) is 0 Å². The maximum Gasteiger partial charge on any atom is 0.319 e. The van der Waals surface area contributed by atoms with Crippen molar-refractivity contribution in [3.8, 4) is 0 Å². The SMILES string of the molecule is CNCCN(C)C(=O)c1cccc(NC(=O)NC(C)C)c1.Cl. The lowest BCUT2D eigenvalue weighted by Crippen LogP contribution is -2.34. The van der Waals surface area contributed by atoms with Gasteiger partial charge in [-0.15, -0.1) is 12.4 Å². The van der Waals surface area contributed by atoms with Crippen LogP contribution in [0.1, 0.15) is 24.2 Å². The van der Waals surface area contributed by atoms with Crippen LogP contribution in [0.4, 0.5) is 10.5 Å². The third kappa shape index (κ3) is 6.78. The van der Waals surface area contributed by atoms with Crippen LogP contribution in [0.15, 0.2) is 24.3 Å². The van der Waals surface area contributed by atoms with E-state index < -0.39 is 0 Å². The van der Waals surface area contributed by atoms with Crippen LogP contribution in [0.2, 0.25) is 0 Å². The average molecular weight is 329 g/mol. The van der Waals surface area contributed by atoms with E-state index in [4.69, 9.17) is 0 Å². The molecule has 1 rings (SSSR count). The maximum absolute atomic E-state index is 12.2. The van der Waals surface area contributed by atoms with E-state index >= 15 is 0 Å². The Morgan fingerprint density at radius 3 is 2.55 bits per heavy atom. The van der Waals surface area contributed by atoms with E-state index in [0.29, 0.717) is 17.8 Å². The van der Waals surface area contributed by atoms with Crippen LogP contribution in [-0.2, 0) is 0 Å². The summed E-state index contributed by atoms with van der Waals surface area (Å²) in [6.45, 7) is 5.13. The molecule has 0 unspecified atom stereocenters. The number of nitrogens with one attached hydrogen (secondary N) is 3. The number of anilines is 1. The first-order chi connectivity index (χ1) is 9.93. The zero-order chi connectivity index (χ0) is 15.8. The standard InChI is InChI=1S/C15H24N4O2.ClH/c1-11(2)17-15(21)18-13-7-5-6-12(10-13)14(20)19(4)9-8-16-3;/h5-7,10-11,16H,8-9H2,1-4H3,(H2,17,18,21);1H. The lowest BCUT2D eigenvalue weighted by molar-refractivity contribution is 0.0797. The Balaban J connectivity index is 0.00000441. The predicted molar refractivity (Wildman–Crippen MR) is 91.9 cm³/mol. The van der Waals surface area contributed by atoms with Crippen molar-refractivity contribution in [3.63, 3.8) is 0 Å². The molecule has 0 aliphatic heterocycles. The molecule has 0 radical (unpaired) electrons. The molecule has 0 aliphatic carbocycles. The number of hydrogen-bond acceptors (Lipinski definition) is 3. The largest absolute Gasteiger partial charge is 0.340 e. The number of nitrogens with zero attached hydrogens (tertiary/aromatic N) is 1. The van der Waals surface area contributed by atoms with E-state index in [2.05, 4.69) is 16.0 Å². The van der Waals surface area contributed by atoms with Crippen molar-refractivity contribution < 1.29 is 9.59 Å². The van der Waals surface area contributed by atoms with E-state index in [0.717, 1.165) is 6.54 Å². The van der Waals surface area contributed by atoms with Gasteiger partial charge < -0.3 is 20.9 Å². The summed E-state index contributed by atoms with van der Waals surface area (Å²) in [7, 11) is 3.60. The van der Waals surface area contributed by atoms with E-state index in [1.165, 1.54) is 0 Å². The van der Waals surface area contributed by atoms with Crippen LogP contribution >= 0.6 is 12.4 Å². The van der Waals surface area contributed by atoms with Crippen molar-refractivity contribution in [1.29, 1.82) is 0 Å². The second kappa shape index (κ2) is 10.0. The number of amides is 3. The highest BCUT2D eigenvalue weighted by molar-refractivity contribution is 5.96. The Morgan fingerprint density at radius 1 is 1.27 bits per heavy atom. The fourth-order valence-corrected chi connectivity index (χ4v) is 1.76. The van der Waals surface area contributed by atoms with Crippen LogP contribution < -0.4 is 16.0 Å². The third-order valence-electron chi connectivity index (χ3n) is 2.83. The molecule has 0 bridgehead atoms. The molecule has 0 heterocycles. The molecule has 7 heteroatoms. The molecule has 0 saturated heterocycles. The highest BCUT2D eigenvalue weighted by atomic mass is 35.5. The van der Waals surface area contributed by atoms with Gasteiger partial charge in [-0.3, -0.25) is 4.79 Å². The quantitative estimate of drug-likeness (QED) is 0.747. The van der Waals surface area contributed by atoms with E-state index in [-0.39, 0.29) is 30.4 Å². The first-order valence-corrected chi connectivity index (χ1v) is 7.01. The number of likely N-dealkylation sites (N-methyl/N-ethyl adjacent to an activating group) is 2. The van der Waals surface area contributed by atoms with Crippen molar-refractivity contribution in [1.82, 2.24) is 15.5 Å². The molecule has 1 aromatic carbocycles. The van der Waals surface area contributed by atoms with Crippen molar-refractivity contribution >= 4 is 30.0 Å². The molecular weight excluding hydrogens is 304 g/mol.